The number of hydrogen-bond donors (Lipinski definition) is 0. The second-order valence-corrected chi connectivity index (χ2v) is 2.58. The number of ether oxygens (including phenoxy) is 1. The summed E-state index contributed by atoms with van der Waals surface area (Å²) in [5.41, 5.74) is -0.951. The van der Waals surface area contributed by atoms with Crippen LogP contribution in [0.5, 0.6) is 5.75 Å². The number of halogens is 2. The minimum atomic E-state index is -1.33. The first-order chi connectivity index (χ1) is 6.91. The SMILES string of the molecule is CC(=O)Oc1cc([N+](=O)[O-])c(F)cc1F. The highest BCUT2D eigenvalue weighted by atomic mass is 19.1. The Morgan fingerprint density at radius 1 is 1.40 bits per heavy atom. The van der Waals surface area contributed by atoms with Crippen molar-refractivity contribution < 1.29 is 23.2 Å². The van der Waals surface area contributed by atoms with Crippen molar-refractivity contribution >= 4 is 11.7 Å². The van der Waals surface area contributed by atoms with Gasteiger partial charge >= 0.3 is 11.7 Å². The van der Waals surface area contributed by atoms with Crippen molar-refractivity contribution in [2.24, 2.45) is 0 Å². The second-order valence-electron chi connectivity index (χ2n) is 2.58. The summed E-state index contributed by atoms with van der Waals surface area (Å²) < 4.78 is 30.0. The maximum atomic E-state index is 12.9. The van der Waals surface area contributed by atoms with Gasteiger partial charge in [-0.05, 0) is 0 Å². The van der Waals surface area contributed by atoms with Gasteiger partial charge in [-0.15, -0.1) is 0 Å². The summed E-state index contributed by atoms with van der Waals surface area (Å²) >= 11 is 0. The molecule has 0 aromatic heterocycles. The molecule has 0 atom stereocenters. The van der Waals surface area contributed by atoms with Gasteiger partial charge in [0.1, 0.15) is 0 Å². The molecule has 0 aliphatic carbocycles. The number of rotatable bonds is 2. The van der Waals surface area contributed by atoms with Crippen molar-refractivity contribution in [2.75, 3.05) is 0 Å². The van der Waals surface area contributed by atoms with Crippen LogP contribution in [0, 0.1) is 21.7 Å². The lowest BCUT2D eigenvalue weighted by atomic mass is 10.3. The van der Waals surface area contributed by atoms with Gasteiger partial charge in [-0.25, -0.2) is 4.39 Å². The van der Waals surface area contributed by atoms with Crippen LogP contribution in [0.1, 0.15) is 6.92 Å². The minimum Gasteiger partial charge on any atom is -0.423 e. The van der Waals surface area contributed by atoms with Crippen molar-refractivity contribution in [3.8, 4) is 5.75 Å². The molecule has 0 aliphatic heterocycles. The van der Waals surface area contributed by atoms with E-state index in [1.54, 1.807) is 0 Å². The molecule has 0 saturated heterocycles. The lowest BCUT2D eigenvalue weighted by molar-refractivity contribution is -0.387. The molecule has 80 valence electrons. The number of esters is 1. The predicted molar refractivity (Wildman–Crippen MR) is 44.3 cm³/mol. The van der Waals surface area contributed by atoms with Gasteiger partial charge in [0.05, 0.1) is 11.0 Å². The van der Waals surface area contributed by atoms with Crippen LogP contribution in [0.25, 0.3) is 0 Å². The van der Waals surface area contributed by atoms with Gasteiger partial charge < -0.3 is 4.74 Å². The Labute approximate surface area is 82.4 Å². The van der Waals surface area contributed by atoms with Gasteiger partial charge in [0.15, 0.2) is 11.6 Å². The number of nitrogens with zero attached hydrogens (tertiary/aromatic N) is 1. The van der Waals surface area contributed by atoms with E-state index in [0.29, 0.717) is 6.07 Å². The fourth-order valence-corrected chi connectivity index (χ4v) is 0.891. The van der Waals surface area contributed by atoms with E-state index in [4.69, 9.17) is 0 Å². The highest BCUT2D eigenvalue weighted by molar-refractivity contribution is 5.69. The van der Waals surface area contributed by atoms with Gasteiger partial charge in [-0.3, -0.25) is 14.9 Å². The Bertz CT molecular complexity index is 433. The van der Waals surface area contributed by atoms with Crippen LogP contribution in [0.4, 0.5) is 14.5 Å². The first kappa shape index (κ1) is 11.0. The maximum Gasteiger partial charge on any atom is 0.308 e. The summed E-state index contributed by atoms with van der Waals surface area (Å²) in [5.74, 6) is -4.02. The van der Waals surface area contributed by atoms with Crippen LogP contribution in [0.15, 0.2) is 12.1 Å². The molecule has 0 N–H and O–H groups in total. The molecule has 1 aromatic rings. The second kappa shape index (κ2) is 3.99. The monoisotopic (exact) mass is 217 g/mol. The molecule has 0 aliphatic rings. The third kappa shape index (κ3) is 2.46. The molecule has 1 aromatic carbocycles. The number of nitro groups is 1. The Kier molecular flexibility index (Phi) is 2.93. The van der Waals surface area contributed by atoms with Crippen LogP contribution in [0.2, 0.25) is 0 Å². The normalized spacial score (nSPS) is 9.80. The lowest BCUT2D eigenvalue weighted by Gasteiger charge is -2.02. The summed E-state index contributed by atoms with van der Waals surface area (Å²) in [7, 11) is 0. The van der Waals surface area contributed by atoms with E-state index in [9.17, 15) is 23.7 Å². The lowest BCUT2D eigenvalue weighted by Crippen LogP contribution is -2.04. The fraction of sp³-hybridized carbons (Fsp3) is 0.125. The van der Waals surface area contributed by atoms with Gasteiger partial charge in [0, 0.05) is 13.0 Å². The number of carbonyl (C=O) groups excluding carboxylic acids is 1. The molecule has 5 nitrogen and oxygen atoms in total. The Hall–Kier alpha value is -2.05. The largest absolute Gasteiger partial charge is 0.423 e. The smallest absolute Gasteiger partial charge is 0.308 e. The molecule has 0 saturated carbocycles. The zero-order chi connectivity index (χ0) is 11.6. The third-order valence-electron chi connectivity index (χ3n) is 1.45. The molecule has 15 heavy (non-hydrogen) atoms. The molecule has 0 amide bonds. The molecule has 0 fully saturated rings. The topological polar surface area (TPSA) is 69.4 Å². The minimum absolute atomic E-state index is 0.288. The Morgan fingerprint density at radius 2 is 2.00 bits per heavy atom. The van der Waals surface area contributed by atoms with Gasteiger partial charge in [-0.2, -0.15) is 4.39 Å². The van der Waals surface area contributed by atoms with E-state index in [1.165, 1.54) is 0 Å². The first-order valence-corrected chi connectivity index (χ1v) is 3.73. The van der Waals surface area contributed by atoms with E-state index in [2.05, 4.69) is 4.74 Å². The van der Waals surface area contributed by atoms with E-state index in [-0.39, 0.29) is 6.07 Å². The van der Waals surface area contributed by atoms with Crippen molar-refractivity contribution in [1.29, 1.82) is 0 Å². The standard InChI is InChI=1S/C8H5F2NO4/c1-4(12)15-8-3-7(11(13)14)5(9)2-6(8)10/h2-3H,1H3. The first-order valence-electron chi connectivity index (χ1n) is 3.73. The van der Waals surface area contributed by atoms with Crippen LogP contribution in [-0.4, -0.2) is 10.9 Å². The third-order valence-corrected chi connectivity index (χ3v) is 1.45. The van der Waals surface area contributed by atoms with Crippen molar-refractivity contribution in [2.45, 2.75) is 6.92 Å². The predicted octanol–water partition coefficient (Wildman–Crippen LogP) is 1.80. The average Bonchev–Trinajstić information content (AvgIpc) is 2.08. The Balaban J connectivity index is 3.23. The summed E-state index contributed by atoms with van der Waals surface area (Å²) in [6.07, 6.45) is 0. The molecule has 0 unspecified atom stereocenters. The molecular formula is C8H5F2NO4. The molecule has 7 heteroatoms. The van der Waals surface area contributed by atoms with Gasteiger partial charge in [0.2, 0.25) is 5.82 Å². The molecule has 0 radical (unpaired) electrons. The van der Waals surface area contributed by atoms with Crippen LogP contribution < -0.4 is 4.74 Å². The van der Waals surface area contributed by atoms with Crippen molar-refractivity contribution in [3.63, 3.8) is 0 Å². The summed E-state index contributed by atoms with van der Waals surface area (Å²) in [6.45, 7) is 0.995. The molecule has 0 bridgehead atoms. The Morgan fingerprint density at radius 3 is 2.47 bits per heavy atom. The zero-order valence-electron chi connectivity index (χ0n) is 7.49. The highest BCUT2D eigenvalue weighted by Gasteiger charge is 2.20. The van der Waals surface area contributed by atoms with Crippen molar-refractivity contribution in [1.82, 2.24) is 0 Å². The zero-order valence-corrected chi connectivity index (χ0v) is 7.49. The van der Waals surface area contributed by atoms with E-state index < -0.39 is 34.0 Å². The quantitative estimate of drug-likeness (QED) is 0.328. The van der Waals surface area contributed by atoms with E-state index in [0.717, 1.165) is 6.92 Å². The average molecular weight is 217 g/mol. The van der Waals surface area contributed by atoms with Crippen LogP contribution in [0.3, 0.4) is 0 Å². The molecule has 0 heterocycles. The van der Waals surface area contributed by atoms with Gasteiger partial charge in [-0.1, -0.05) is 0 Å². The molecule has 0 spiro atoms. The van der Waals surface area contributed by atoms with Crippen molar-refractivity contribution in [3.05, 3.63) is 33.9 Å². The van der Waals surface area contributed by atoms with E-state index >= 15 is 0 Å². The van der Waals surface area contributed by atoms with Crippen LogP contribution >= 0.6 is 0 Å². The van der Waals surface area contributed by atoms with Gasteiger partial charge in [0.25, 0.3) is 0 Å². The number of nitro benzene ring substituents is 1. The summed E-state index contributed by atoms with van der Waals surface area (Å²) in [6, 6.07) is 0.808. The van der Waals surface area contributed by atoms with Crippen LogP contribution in [-0.2, 0) is 4.79 Å². The fourth-order valence-electron chi connectivity index (χ4n) is 0.891. The number of hydrogen-bond acceptors (Lipinski definition) is 4. The van der Waals surface area contributed by atoms with E-state index in [1.807, 2.05) is 0 Å². The number of carbonyl (C=O) groups is 1. The highest BCUT2D eigenvalue weighted by Crippen LogP contribution is 2.26. The summed E-state index contributed by atoms with van der Waals surface area (Å²) in [4.78, 5) is 19.7. The maximum absolute atomic E-state index is 12.9. The molecule has 1 rings (SSSR count). The number of benzene rings is 1. The summed E-state index contributed by atoms with van der Waals surface area (Å²) in [5, 5.41) is 10.3. The molecular weight excluding hydrogens is 212 g/mol.